The molecule has 0 saturated carbocycles. The first-order chi connectivity index (χ1) is 8.24. The van der Waals surface area contributed by atoms with E-state index in [4.69, 9.17) is 10.3 Å². The molecule has 0 fully saturated rings. The van der Waals surface area contributed by atoms with E-state index in [0.717, 1.165) is 25.0 Å². The number of nitrogens with zero attached hydrogens (tertiary/aromatic N) is 5. The molecule has 7 heteroatoms. The van der Waals surface area contributed by atoms with Gasteiger partial charge in [0.05, 0.1) is 5.69 Å². The number of aromatic nitrogens is 5. The van der Waals surface area contributed by atoms with Gasteiger partial charge in [0.25, 0.3) is 0 Å². The third kappa shape index (κ3) is 2.43. The number of nitrogen functional groups attached to an aromatic ring is 1. The van der Waals surface area contributed by atoms with Crippen molar-refractivity contribution in [1.82, 2.24) is 25.1 Å². The molecule has 0 aliphatic rings. The molecule has 0 radical (unpaired) electrons. The minimum absolute atomic E-state index is 0.423. The van der Waals surface area contributed by atoms with Gasteiger partial charge in [0.15, 0.2) is 11.6 Å². The first kappa shape index (κ1) is 11.6. The van der Waals surface area contributed by atoms with Crippen molar-refractivity contribution in [3.05, 3.63) is 17.4 Å². The Morgan fingerprint density at radius 2 is 2.18 bits per heavy atom. The summed E-state index contributed by atoms with van der Waals surface area (Å²) in [6.45, 7) is 4.48. The summed E-state index contributed by atoms with van der Waals surface area (Å²) in [5.74, 6) is 1.70. The highest BCUT2D eigenvalue weighted by Crippen LogP contribution is 2.11. The molecule has 0 amide bonds. The number of nitrogens with two attached hydrogens (primary N) is 1. The average molecular weight is 236 g/mol. The second-order valence-corrected chi connectivity index (χ2v) is 3.79. The Morgan fingerprint density at radius 1 is 1.35 bits per heavy atom. The monoisotopic (exact) mass is 236 g/mol. The minimum Gasteiger partial charge on any atom is -0.381 e. The van der Waals surface area contributed by atoms with Crippen LogP contribution in [0.1, 0.15) is 37.7 Å². The van der Waals surface area contributed by atoms with Crippen LogP contribution in [-0.2, 0) is 19.4 Å². The SMILES string of the molecule is CCCc1c(N)nnn1Cc1nc(CC)no1. The second-order valence-electron chi connectivity index (χ2n) is 3.79. The Labute approximate surface area is 99.0 Å². The van der Waals surface area contributed by atoms with Gasteiger partial charge in [-0.1, -0.05) is 30.6 Å². The Hall–Kier alpha value is -1.92. The Kier molecular flexibility index (Phi) is 3.36. The smallest absolute Gasteiger partial charge is 0.248 e. The summed E-state index contributed by atoms with van der Waals surface area (Å²) < 4.78 is 6.83. The molecule has 0 aliphatic heterocycles. The lowest BCUT2D eigenvalue weighted by molar-refractivity contribution is 0.358. The number of aryl methyl sites for hydroxylation is 1. The average Bonchev–Trinajstić information content (AvgIpc) is 2.91. The first-order valence-electron chi connectivity index (χ1n) is 5.73. The van der Waals surface area contributed by atoms with Crippen LogP contribution in [0.5, 0.6) is 0 Å². The maximum absolute atomic E-state index is 5.75. The quantitative estimate of drug-likeness (QED) is 0.825. The van der Waals surface area contributed by atoms with Crippen LogP contribution in [0.2, 0.25) is 0 Å². The Morgan fingerprint density at radius 3 is 2.82 bits per heavy atom. The molecule has 0 unspecified atom stereocenters. The summed E-state index contributed by atoms with van der Waals surface area (Å²) in [4.78, 5) is 4.23. The fourth-order valence-electron chi connectivity index (χ4n) is 1.59. The summed E-state index contributed by atoms with van der Waals surface area (Å²) in [6.07, 6.45) is 2.58. The summed E-state index contributed by atoms with van der Waals surface area (Å²) in [5.41, 5.74) is 6.67. The molecule has 0 spiro atoms. The molecule has 92 valence electrons. The molecule has 0 bridgehead atoms. The molecule has 2 heterocycles. The van der Waals surface area contributed by atoms with Gasteiger partial charge in [0.2, 0.25) is 5.89 Å². The van der Waals surface area contributed by atoms with Gasteiger partial charge in [-0.05, 0) is 6.42 Å². The van der Waals surface area contributed by atoms with Crippen molar-refractivity contribution >= 4 is 5.82 Å². The van der Waals surface area contributed by atoms with E-state index in [-0.39, 0.29) is 0 Å². The number of rotatable bonds is 5. The topological polar surface area (TPSA) is 95.7 Å². The van der Waals surface area contributed by atoms with Gasteiger partial charge in [0.1, 0.15) is 6.54 Å². The number of hydrogen-bond donors (Lipinski definition) is 1. The molecule has 0 aliphatic carbocycles. The van der Waals surface area contributed by atoms with Gasteiger partial charge in [-0.15, -0.1) is 5.10 Å². The lowest BCUT2D eigenvalue weighted by Crippen LogP contribution is -2.07. The van der Waals surface area contributed by atoms with E-state index in [1.807, 2.05) is 6.92 Å². The molecule has 2 N–H and O–H groups in total. The van der Waals surface area contributed by atoms with Crippen LogP contribution in [-0.4, -0.2) is 25.1 Å². The fourth-order valence-corrected chi connectivity index (χ4v) is 1.59. The van der Waals surface area contributed by atoms with Gasteiger partial charge in [-0.2, -0.15) is 4.98 Å². The summed E-state index contributed by atoms with van der Waals surface area (Å²) in [7, 11) is 0. The van der Waals surface area contributed by atoms with Crippen molar-refractivity contribution in [2.24, 2.45) is 0 Å². The van der Waals surface area contributed by atoms with Crippen LogP contribution >= 0.6 is 0 Å². The van der Waals surface area contributed by atoms with E-state index in [1.165, 1.54) is 0 Å². The molecule has 2 aromatic rings. The largest absolute Gasteiger partial charge is 0.381 e. The van der Waals surface area contributed by atoms with Crippen LogP contribution in [0.25, 0.3) is 0 Å². The van der Waals surface area contributed by atoms with Crippen molar-refractivity contribution in [3.63, 3.8) is 0 Å². The van der Waals surface area contributed by atoms with Crippen molar-refractivity contribution in [3.8, 4) is 0 Å². The predicted molar refractivity (Wildman–Crippen MR) is 61.2 cm³/mol. The van der Waals surface area contributed by atoms with Crippen LogP contribution in [0.15, 0.2) is 4.52 Å². The van der Waals surface area contributed by atoms with Crippen LogP contribution in [0.4, 0.5) is 5.82 Å². The summed E-state index contributed by atoms with van der Waals surface area (Å²) in [5, 5.41) is 11.7. The van der Waals surface area contributed by atoms with E-state index in [1.54, 1.807) is 4.68 Å². The van der Waals surface area contributed by atoms with Gasteiger partial charge in [-0.3, -0.25) is 0 Å². The fraction of sp³-hybridized carbons (Fsp3) is 0.600. The zero-order chi connectivity index (χ0) is 12.3. The van der Waals surface area contributed by atoms with Gasteiger partial charge in [0, 0.05) is 6.42 Å². The second kappa shape index (κ2) is 4.94. The van der Waals surface area contributed by atoms with Gasteiger partial charge < -0.3 is 10.3 Å². The van der Waals surface area contributed by atoms with E-state index >= 15 is 0 Å². The minimum atomic E-state index is 0.423. The molecular weight excluding hydrogens is 220 g/mol. The van der Waals surface area contributed by atoms with E-state index in [2.05, 4.69) is 27.4 Å². The third-order valence-electron chi connectivity index (χ3n) is 2.47. The standard InChI is InChI=1S/C10H16N6O/c1-3-5-7-10(11)13-15-16(7)6-9-12-8(4-2)14-17-9/h3-6,11H2,1-2H3. The van der Waals surface area contributed by atoms with Crippen molar-refractivity contribution in [1.29, 1.82) is 0 Å². The maximum atomic E-state index is 5.75. The predicted octanol–water partition coefficient (Wildman–Crippen LogP) is 0.806. The van der Waals surface area contributed by atoms with Gasteiger partial charge >= 0.3 is 0 Å². The number of hydrogen-bond acceptors (Lipinski definition) is 6. The molecular formula is C10H16N6O. The van der Waals surface area contributed by atoms with Crippen LogP contribution in [0, 0.1) is 0 Å². The molecule has 0 aromatic carbocycles. The maximum Gasteiger partial charge on any atom is 0.248 e. The van der Waals surface area contributed by atoms with Crippen LogP contribution < -0.4 is 5.73 Å². The number of anilines is 1. The molecule has 0 saturated heterocycles. The Balaban J connectivity index is 2.17. The van der Waals surface area contributed by atoms with E-state index in [0.29, 0.717) is 24.1 Å². The summed E-state index contributed by atoms with van der Waals surface area (Å²) in [6, 6.07) is 0. The molecule has 2 aromatic heterocycles. The van der Waals surface area contributed by atoms with Crippen molar-refractivity contribution in [2.75, 3.05) is 5.73 Å². The lowest BCUT2D eigenvalue weighted by Gasteiger charge is -2.02. The van der Waals surface area contributed by atoms with Crippen LogP contribution in [0.3, 0.4) is 0 Å². The first-order valence-corrected chi connectivity index (χ1v) is 5.73. The zero-order valence-corrected chi connectivity index (χ0v) is 10.1. The van der Waals surface area contributed by atoms with Gasteiger partial charge in [-0.25, -0.2) is 4.68 Å². The third-order valence-corrected chi connectivity index (χ3v) is 2.47. The summed E-state index contributed by atoms with van der Waals surface area (Å²) >= 11 is 0. The molecule has 2 rings (SSSR count). The molecule has 7 nitrogen and oxygen atoms in total. The van der Waals surface area contributed by atoms with E-state index < -0.39 is 0 Å². The highest BCUT2D eigenvalue weighted by molar-refractivity contribution is 5.33. The molecule has 17 heavy (non-hydrogen) atoms. The molecule has 0 atom stereocenters. The zero-order valence-electron chi connectivity index (χ0n) is 10.1. The van der Waals surface area contributed by atoms with Crippen molar-refractivity contribution < 1.29 is 4.52 Å². The normalized spacial score (nSPS) is 10.9. The highest BCUT2D eigenvalue weighted by atomic mass is 16.5. The lowest BCUT2D eigenvalue weighted by atomic mass is 10.2. The highest BCUT2D eigenvalue weighted by Gasteiger charge is 2.12. The van der Waals surface area contributed by atoms with E-state index in [9.17, 15) is 0 Å². The Bertz CT molecular complexity index is 489. The van der Waals surface area contributed by atoms with Crippen molar-refractivity contribution in [2.45, 2.75) is 39.7 Å².